The summed E-state index contributed by atoms with van der Waals surface area (Å²) < 4.78 is 10.2. The van der Waals surface area contributed by atoms with Gasteiger partial charge in [0.2, 0.25) is 0 Å². The standard InChI is InChI=1S/C12H21NO3/c1-12(2,3)16-11(14)13-7-5-10(9-13)6-8-15-4/h6,8,10H,5,7,9H2,1-4H3/b8-6+. The Kier molecular flexibility index (Phi) is 4.21. The summed E-state index contributed by atoms with van der Waals surface area (Å²) in [5.41, 5.74) is -0.419. The topological polar surface area (TPSA) is 38.8 Å². The second kappa shape index (κ2) is 5.23. The van der Waals surface area contributed by atoms with Gasteiger partial charge < -0.3 is 14.4 Å². The number of methoxy groups -OCH3 is 1. The molecule has 92 valence electrons. The molecule has 0 saturated carbocycles. The van der Waals surface area contributed by atoms with Gasteiger partial charge in [0.05, 0.1) is 13.4 Å². The first-order chi connectivity index (χ1) is 7.42. The minimum absolute atomic E-state index is 0.221. The Morgan fingerprint density at radius 3 is 2.69 bits per heavy atom. The summed E-state index contributed by atoms with van der Waals surface area (Å²) >= 11 is 0. The highest BCUT2D eigenvalue weighted by atomic mass is 16.6. The van der Waals surface area contributed by atoms with Crippen molar-refractivity contribution in [1.29, 1.82) is 0 Å². The highest BCUT2D eigenvalue weighted by molar-refractivity contribution is 5.68. The molecule has 1 amide bonds. The van der Waals surface area contributed by atoms with Gasteiger partial charge in [-0.25, -0.2) is 4.79 Å². The molecule has 1 aliphatic heterocycles. The van der Waals surface area contributed by atoms with E-state index in [1.165, 1.54) is 0 Å². The van der Waals surface area contributed by atoms with Gasteiger partial charge in [0.25, 0.3) is 0 Å². The van der Waals surface area contributed by atoms with Crippen LogP contribution in [0.15, 0.2) is 12.3 Å². The molecule has 1 aliphatic rings. The van der Waals surface area contributed by atoms with Crippen molar-refractivity contribution in [1.82, 2.24) is 4.90 Å². The summed E-state index contributed by atoms with van der Waals surface area (Å²) in [6.45, 7) is 7.11. The average molecular weight is 227 g/mol. The summed E-state index contributed by atoms with van der Waals surface area (Å²) in [5.74, 6) is 0.382. The van der Waals surface area contributed by atoms with Crippen molar-refractivity contribution in [3.05, 3.63) is 12.3 Å². The number of carbonyl (C=O) groups excluding carboxylic acids is 1. The van der Waals surface area contributed by atoms with E-state index in [1.54, 1.807) is 18.3 Å². The SMILES string of the molecule is CO/C=C/C1CCN(C(=O)OC(C)(C)C)C1. The number of hydrogen-bond donors (Lipinski definition) is 0. The van der Waals surface area contributed by atoms with Crippen LogP contribution < -0.4 is 0 Å². The van der Waals surface area contributed by atoms with Crippen molar-refractivity contribution < 1.29 is 14.3 Å². The summed E-state index contributed by atoms with van der Waals surface area (Å²) in [6, 6.07) is 0. The van der Waals surface area contributed by atoms with Gasteiger partial charge in [-0.3, -0.25) is 0 Å². The van der Waals surface area contributed by atoms with Crippen LogP contribution in [0.2, 0.25) is 0 Å². The maximum absolute atomic E-state index is 11.7. The van der Waals surface area contributed by atoms with Crippen LogP contribution in [0.4, 0.5) is 4.79 Å². The molecule has 0 N–H and O–H groups in total. The minimum Gasteiger partial charge on any atom is -0.505 e. The Hall–Kier alpha value is -1.19. The van der Waals surface area contributed by atoms with E-state index in [0.29, 0.717) is 5.92 Å². The second-order valence-electron chi connectivity index (χ2n) is 5.04. The van der Waals surface area contributed by atoms with Crippen molar-refractivity contribution in [3.63, 3.8) is 0 Å². The molecule has 0 aromatic rings. The third-order valence-electron chi connectivity index (χ3n) is 2.36. The van der Waals surface area contributed by atoms with Crippen LogP contribution in [0.1, 0.15) is 27.2 Å². The number of amides is 1. The molecule has 1 fully saturated rings. The molecule has 0 aromatic carbocycles. The van der Waals surface area contributed by atoms with Crippen LogP contribution in [0.3, 0.4) is 0 Å². The van der Waals surface area contributed by atoms with Gasteiger partial charge in [-0.05, 0) is 39.2 Å². The van der Waals surface area contributed by atoms with Gasteiger partial charge >= 0.3 is 6.09 Å². The molecule has 16 heavy (non-hydrogen) atoms. The van der Waals surface area contributed by atoms with Crippen molar-refractivity contribution in [2.24, 2.45) is 5.92 Å². The summed E-state index contributed by atoms with van der Waals surface area (Å²) in [4.78, 5) is 13.5. The first kappa shape index (κ1) is 12.9. The van der Waals surface area contributed by atoms with E-state index >= 15 is 0 Å². The molecule has 1 heterocycles. The van der Waals surface area contributed by atoms with E-state index in [9.17, 15) is 4.79 Å². The van der Waals surface area contributed by atoms with E-state index in [2.05, 4.69) is 0 Å². The lowest BCUT2D eigenvalue weighted by Crippen LogP contribution is -2.35. The Balaban J connectivity index is 2.41. The third-order valence-corrected chi connectivity index (χ3v) is 2.36. The van der Waals surface area contributed by atoms with Crippen LogP contribution in [-0.4, -0.2) is 36.8 Å². The van der Waals surface area contributed by atoms with Crippen molar-refractivity contribution in [2.45, 2.75) is 32.8 Å². The first-order valence-corrected chi connectivity index (χ1v) is 5.60. The Morgan fingerprint density at radius 1 is 1.44 bits per heavy atom. The van der Waals surface area contributed by atoms with Crippen LogP contribution in [0.25, 0.3) is 0 Å². The average Bonchev–Trinajstić information content (AvgIpc) is 2.60. The van der Waals surface area contributed by atoms with Crippen molar-refractivity contribution >= 4 is 6.09 Å². The molecular formula is C12H21NO3. The molecule has 0 aliphatic carbocycles. The molecule has 0 radical (unpaired) electrons. The smallest absolute Gasteiger partial charge is 0.410 e. The van der Waals surface area contributed by atoms with E-state index in [-0.39, 0.29) is 6.09 Å². The number of hydrogen-bond acceptors (Lipinski definition) is 3. The Labute approximate surface area is 97.2 Å². The number of carbonyl (C=O) groups is 1. The maximum atomic E-state index is 11.7. The molecule has 0 bridgehead atoms. The lowest BCUT2D eigenvalue weighted by Gasteiger charge is -2.24. The predicted octanol–water partition coefficient (Wildman–Crippen LogP) is 2.40. The molecule has 4 heteroatoms. The zero-order valence-corrected chi connectivity index (χ0v) is 10.5. The van der Waals surface area contributed by atoms with Gasteiger partial charge in [0, 0.05) is 13.1 Å². The largest absolute Gasteiger partial charge is 0.505 e. The quantitative estimate of drug-likeness (QED) is 0.680. The summed E-state index contributed by atoms with van der Waals surface area (Å²) in [6.07, 6.45) is 4.41. The molecule has 1 unspecified atom stereocenters. The lowest BCUT2D eigenvalue weighted by molar-refractivity contribution is 0.0291. The van der Waals surface area contributed by atoms with Gasteiger partial charge in [0.15, 0.2) is 0 Å². The molecular weight excluding hydrogens is 206 g/mol. The number of likely N-dealkylation sites (tertiary alicyclic amines) is 1. The van der Waals surface area contributed by atoms with E-state index in [4.69, 9.17) is 9.47 Å². The lowest BCUT2D eigenvalue weighted by atomic mass is 10.1. The monoisotopic (exact) mass is 227 g/mol. The molecule has 1 atom stereocenters. The van der Waals surface area contributed by atoms with Crippen molar-refractivity contribution in [2.75, 3.05) is 20.2 Å². The fourth-order valence-corrected chi connectivity index (χ4v) is 1.63. The summed E-state index contributed by atoms with van der Waals surface area (Å²) in [5, 5.41) is 0. The Bertz CT molecular complexity index is 268. The molecule has 1 saturated heterocycles. The highest BCUT2D eigenvalue weighted by Crippen LogP contribution is 2.20. The van der Waals surface area contributed by atoms with Crippen LogP contribution >= 0.6 is 0 Å². The molecule has 4 nitrogen and oxygen atoms in total. The van der Waals surface area contributed by atoms with Gasteiger partial charge in [-0.1, -0.05) is 0 Å². The fourth-order valence-electron chi connectivity index (χ4n) is 1.63. The van der Waals surface area contributed by atoms with Gasteiger partial charge in [-0.15, -0.1) is 0 Å². The van der Waals surface area contributed by atoms with Gasteiger partial charge in [-0.2, -0.15) is 0 Å². The number of ether oxygens (including phenoxy) is 2. The maximum Gasteiger partial charge on any atom is 0.410 e. The van der Waals surface area contributed by atoms with E-state index in [1.807, 2.05) is 26.8 Å². The molecule has 0 aromatic heterocycles. The van der Waals surface area contributed by atoms with Crippen LogP contribution in [-0.2, 0) is 9.47 Å². The van der Waals surface area contributed by atoms with E-state index < -0.39 is 5.60 Å². The minimum atomic E-state index is -0.419. The zero-order valence-electron chi connectivity index (χ0n) is 10.5. The van der Waals surface area contributed by atoms with Crippen LogP contribution in [0.5, 0.6) is 0 Å². The zero-order chi connectivity index (χ0) is 12.2. The summed E-state index contributed by atoms with van der Waals surface area (Å²) in [7, 11) is 1.62. The van der Waals surface area contributed by atoms with Crippen molar-refractivity contribution in [3.8, 4) is 0 Å². The van der Waals surface area contributed by atoms with Crippen LogP contribution in [0, 0.1) is 5.92 Å². The highest BCUT2D eigenvalue weighted by Gasteiger charge is 2.28. The number of rotatable bonds is 2. The molecule has 1 rings (SSSR count). The molecule has 0 spiro atoms. The third kappa shape index (κ3) is 4.13. The first-order valence-electron chi connectivity index (χ1n) is 5.60. The number of nitrogens with zero attached hydrogens (tertiary/aromatic N) is 1. The second-order valence-corrected chi connectivity index (χ2v) is 5.04. The predicted molar refractivity (Wildman–Crippen MR) is 62.1 cm³/mol. The normalized spacial score (nSPS) is 21.5. The van der Waals surface area contributed by atoms with E-state index in [0.717, 1.165) is 19.5 Å². The fraction of sp³-hybridized carbons (Fsp3) is 0.750. The van der Waals surface area contributed by atoms with Gasteiger partial charge in [0.1, 0.15) is 5.60 Å². The Morgan fingerprint density at radius 2 is 2.12 bits per heavy atom.